The van der Waals surface area contributed by atoms with Crippen LogP contribution in [-0.4, -0.2) is 25.0 Å². The van der Waals surface area contributed by atoms with Gasteiger partial charge in [-0.3, -0.25) is 4.90 Å². The van der Waals surface area contributed by atoms with E-state index in [9.17, 15) is 0 Å². The Kier molecular flexibility index (Phi) is 2.89. The average molecular weight is 194 g/mol. The van der Waals surface area contributed by atoms with Gasteiger partial charge in [0, 0.05) is 24.7 Å². The molecule has 1 unspecified atom stereocenters. The van der Waals surface area contributed by atoms with E-state index in [4.69, 9.17) is 10.2 Å². The molecule has 0 amide bonds. The topological polar surface area (TPSA) is 42.4 Å². The van der Waals surface area contributed by atoms with Crippen LogP contribution in [0.1, 0.15) is 24.4 Å². The van der Waals surface area contributed by atoms with Crippen molar-refractivity contribution in [1.82, 2.24) is 4.90 Å². The highest BCUT2D eigenvalue weighted by Crippen LogP contribution is 2.31. The zero-order chi connectivity index (χ0) is 9.97. The fourth-order valence-electron chi connectivity index (χ4n) is 1.87. The summed E-state index contributed by atoms with van der Waals surface area (Å²) < 4.78 is 5.09. The number of furan rings is 1. The van der Waals surface area contributed by atoms with E-state index < -0.39 is 0 Å². The summed E-state index contributed by atoms with van der Waals surface area (Å²) in [5, 5.41) is 0. The molecule has 0 aromatic carbocycles. The summed E-state index contributed by atoms with van der Waals surface area (Å²) in [7, 11) is 2.14. The molecule has 0 bridgehead atoms. The molecule has 0 aliphatic heterocycles. The van der Waals surface area contributed by atoms with Crippen molar-refractivity contribution in [1.29, 1.82) is 0 Å². The van der Waals surface area contributed by atoms with Gasteiger partial charge >= 0.3 is 0 Å². The molecule has 1 saturated carbocycles. The second-order valence-electron chi connectivity index (χ2n) is 4.19. The van der Waals surface area contributed by atoms with Crippen LogP contribution in [0.2, 0.25) is 0 Å². The standard InChI is InChI=1S/C11H18N2O/c1-13(7-9-2-3-9)11(6-12)10-4-5-14-8-10/h4-5,8-9,11H,2-3,6-7,12H2,1H3. The van der Waals surface area contributed by atoms with E-state index >= 15 is 0 Å². The van der Waals surface area contributed by atoms with Gasteiger partial charge in [0.25, 0.3) is 0 Å². The number of likely N-dealkylation sites (N-methyl/N-ethyl adjacent to an activating group) is 1. The molecule has 3 heteroatoms. The van der Waals surface area contributed by atoms with Gasteiger partial charge in [-0.05, 0) is 31.9 Å². The number of nitrogens with two attached hydrogens (primary N) is 1. The lowest BCUT2D eigenvalue weighted by Crippen LogP contribution is -2.31. The SMILES string of the molecule is CN(CC1CC1)C(CN)c1ccoc1. The molecule has 1 aliphatic carbocycles. The third kappa shape index (κ3) is 2.16. The molecular weight excluding hydrogens is 176 g/mol. The molecule has 2 N–H and O–H groups in total. The average Bonchev–Trinajstić information content (AvgIpc) is 2.82. The van der Waals surface area contributed by atoms with Gasteiger partial charge in [0.15, 0.2) is 0 Å². The molecule has 3 nitrogen and oxygen atoms in total. The van der Waals surface area contributed by atoms with E-state index in [1.807, 2.05) is 6.07 Å². The first kappa shape index (κ1) is 9.74. The highest BCUT2D eigenvalue weighted by Gasteiger charge is 2.26. The molecule has 1 aromatic rings. The van der Waals surface area contributed by atoms with Crippen molar-refractivity contribution in [2.45, 2.75) is 18.9 Å². The van der Waals surface area contributed by atoms with Gasteiger partial charge < -0.3 is 10.2 Å². The Morgan fingerprint density at radius 1 is 1.64 bits per heavy atom. The molecule has 1 fully saturated rings. The number of rotatable bonds is 5. The van der Waals surface area contributed by atoms with Gasteiger partial charge in [-0.15, -0.1) is 0 Å². The lowest BCUT2D eigenvalue weighted by molar-refractivity contribution is 0.239. The first-order valence-electron chi connectivity index (χ1n) is 5.23. The Bertz CT molecular complexity index is 267. The molecule has 0 saturated heterocycles. The van der Waals surface area contributed by atoms with Crippen molar-refractivity contribution >= 4 is 0 Å². The van der Waals surface area contributed by atoms with E-state index in [0.717, 1.165) is 12.5 Å². The van der Waals surface area contributed by atoms with E-state index in [-0.39, 0.29) is 0 Å². The molecule has 2 rings (SSSR count). The maximum absolute atomic E-state index is 5.78. The second-order valence-corrected chi connectivity index (χ2v) is 4.19. The Morgan fingerprint density at radius 3 is 2.93 bits per heavy atom. The van der Waals surface area contributed by atoms with Crippen LogP contribution in [0.4, 0.5) is 0 Å². The van der Waals surface area contributed by atoms with Crippen molar-refractivity contribution in [2.24, 2.45) is 11.7 Å². The van der Waals surface area contributed by atoms with Crippen LogP contribution in [0.3, 0.4) is 0 Å². The molecule has 1 atom stereocenters. The first-order valence-corrected chi connectivity index (χ1v) is 5.23. The van der Waals surface area contributed by atoms with Crippen LogP contribution in [0.5, 0.6) is 0 Å². The van der Waals surface area contributed by atoms with Gasteiger partial charge in [0.2, 0.25) is 0 Å². The summed E-state index contributed by atoms with van der Waals surface area (Å²) in [6.45, 7) is 1.82. The largest absolute Gasteiger partial charge is 0.472 e. The van der Waals surface area contributed by atoms with Crippen LogP contribution >= 0.6 is 0 Å². The van der Waals surface area contributed by atoms with Crippen molar-refractivity contribution < 1.29 is 4.42 Å². The van der Waals surface area contributed by atoms with Crippen LogP contribution in [-0.2, 0) is 0 Å². The molecule has 78 valence electrons. The van der Waals surface area contributed by atoms with Crippen LogP contribution in [0.15, 0.2) is 23.0 Å². The van der Waals surface area contributed by atoms with Gasteiger partial charge in [0.05, 0.1) is 12.5 Å². The maximum Gasteiger partial charge on any atom is 0.0950 e. The fourth-order valence-corrected chi connectivity index (χ4v) is 1.87. The van der Waals surface area contributed by atoms with E-state index in [0.29, 0.717) is 12.6 Å². The minimum atomic E-state index is 0.314. The van der Waals surface area contributed by atoms with E-state index in [1.165, 1.54) is 18.4 Å². The Labute approximate surface area is 84.9 Å². The number of hydrogen-bond donors (Lipinski definition) is 1. The minimum Gasteiger partial charge on any atom is -0.472 e. The zero-order valence-electron chi connectivity index (χ0n) is 8.65. The quantitative estimate of drug-likeness (QED) is 0.774. The summed E-state index contributed by atoms with van der Waals surface area (Å²) in [5.74, 6) is 0.904. The molecule has 0 radical (unpaired) electrons. The third-order valence-electron chi connectivity index (χ3n) is 2.93. The molecule has 1 aromatic heterocycles. The summed E-state index contributed by atoms with van der Waals surface area (Å²) in [6, 6.07) is 2.32. The molecular formula is C11H18N2O. The molecule has 1 heterocycles. The van der Waals surface area contributed by atoms with Crippen LogP contribution < -0.4 is 5.73 Å². The molecule has 1 aliphatic rings. The van der Waals surface area contributed by atoms with E-state index in [1.54, 1.807) is 12.5 Å². The summed E-state index contributed by atoms with van der Waals surface area (Å²) in [5.41, 5.74) is 6.97. The predicted molar refractivity (Wildman–Crippen MR) is 55.9 cm³/mol. The fraction of sp³-hybridized carbons (Fsp3) is 0.636. The summed E-state index contributed by atoms with van der Waals surface area (Å²) in [4.78, 5) is 2.34. The monoisotopic (exact) mass is 194 g/mol. The molecule has 0 spiro atoms. The summed E-state index contributed by atoms with van der Waals surface area (Å²) >= 11 is 0. The van der Waals surface area contributed by atoms with Crippen molar-refractivity contribution in [3.05, 3.63) is 24.2 Å². The first-order chi connectivity index (χ1) is 6.81. The van der Waals surface area contributed by atoms with Gasteiger partial charge in [-0.25, -0.2) is 0 Å². The molecule has 14 heavy (non-hydrogen) atoms. The highest BCUT2D eigenvalue weighted by molar-refractivity contribution is 5.12. The van der Waals surface area contributed by atoms with E-state index in [2.05, 4.69) is 11.9 Å². The predicted octanol–water partition coefficient (Wildman–Crippen LogP) is 1.62. The Morgan fingerprint density at radius 2 is 2.43 bits per heavy atom. The lowest BCUT2D eigenvalue weighted by atomic mass is 10.1. The summed E-state index contributed by atoms with van der Waals surface area (Å²) in [6.07, 6.45) is 6.27. The zero-order valence-corrected chi connectivity index (χ0v) is 8.65. The number of nitrogens with zero attached hydrogens (tertiary/aromatic N) is 1. The minimum absolute atomic E-state index is 0.314. The second kappa shape index (κ2) is 4.15. The van der Waals surface area contributed by atoms with Crippen molar-refractivity contribution in [2.75, 3.05) is 20.1 Å². The lowest BCUT2D eigenvalue weighted by Gasteiger charge is -2.25. The van der Waals surface area contributed by atoms with Gasteiger partial charge in [-0.1, -0.05) is 0 Å². The third-order valence-corrected chi connectivity index (χ3v) is 2.93. The van der Waals surface area contributed by atoms with Crippen LogP contribution in [0.25, 0.3) is 0 Å². The van der Waals surface area contributed by atoms with Gasteiger partial charge in [0.1, 0.15) is 0 Å². The highest BCUT2D eigenvalue weighted by atomic mass is 16.3. The normalized spacial score (nSPS) is 18.8. The van der Waals surface area contributed by atoms with Crippen molar-refractivity contribution in [3.63, 3.8) is 0 Å². The Hall–Kier alpha value is -0.800. The maximum atomic E-state index is 5.78. The van der Waals surface area contributed by atoms with Crippen molar-refractivity contribution in [3.8, 4) is 0 Å². The Balaban J connectivity index is 1.97. The number of hydrogen-bond acceptors (Lipinski definition) is 3. The van der Waals surface area contributed by atoms with Crippen LogP contribution in [0, 0.1) is 5.92 Å². The van der Waals surface area contributed by atoms with Gasteiger partial charge in [-0.2, -0.15) is 0 Å². The smallest absolute Gasteiger partial charge is 0.0950 e.